The number of ketones is 1. The quantitative estimate of drug-likeness (QED) is 0.769. The molecule has 0 aromatic heterocycles. The number of rotatable bonds is 4. The highest BCUT2D eigenvalue weighted by Gasteiger charge is 2.21. The Morgan fingerprint density at radius 2 is 2.27 bits per heavy atom. The van der Waals surface area contributed by atoms with Crippen molar-refractivity contribution in [3.8, 4) is 0 Å². The van der Waals surface area contributed by atoms with E-state index in [-0.39, 0.29) is 11.3 Å². The number of Topliss-reactive ketones (excluding diaryl/α,β-unsaturated/α-hetero) is 1. The first kappa shape index (κ1) is 10.1. The van der Waals surface area contributed by atoms with Gasteiger partial charge in [-0.1, -0.05) is 6.07 Å². The summed E-state index contributed by atoms with van der Waals surface area (Å²) in [6.45, 7) is 2.18. The van der Waals surface area contributed by atoms with E-state index in [0.29, 0.717) is 11.6 Å². The zero-order chi connectivity index (χ0) is 10.8. The number of nitrogens with one attached hydrogen (secondary N) is 1. The van der Waals surface area contributed by atoms with Gasteiger partial charge in [0.2, 0.25) is 0 Å². The van der Waals surface area contributed by atoms with Gasteiger partial charge in [0, 0.05) is 6.54 Å². The van der Waals surface area contributed by atoms with Crippen LogP contribution in [0.15, 0.2) is 18.2 Å². The maximum absolute atomic E-state index is 13.7. The van der Waals surface area contributed by atoms with E-state index in [1.165, 1.54) is 25.8 Å². The Morgan fingerprint density at radius 3 is 2.87 bits per heavy atom. The fraction of sp³-hybridized carbons (Fsp3) is 0.417. The minimum absolute atomic E-state index is 0.163. The highest BCUT2D eigenvalue weighted by atomic mass is 19.1. The lowest BCUT2D eigenvalue weighted by Gasteiger charge is -2.08. The summed E-state index contributed by atoms with van der Waals surface area (Å²) in [5.41, 5.74) is 0.602. The lowest BCUT2D eigenvalue weighted by Crippen LogP contribution is -2.07. The van der Waals surface area contributed by atoms with E-state index < -0.39 is 5.82 Å². The summed E-state index contributed by atoms with van der Waals surface area (Å²) in [6, 6.07) is 4.89. The van der Waals surface area contributed by atoms with E-state index in [1.807, 2.05) is 0 Å². The summed E-state index contributed by atoms with van der Waals surface area (Å²) in [5.74, 6) is 0.0265. The van der Waals surface area contributed by atoms with E-state index in [0.717, 1.165) is 6.54 Å². The minimum atomic E-state index is -0.425. The smallest absolute Gasteiger partial charge is 0.162 e. The van der Waals surface area contributed by atoms with E-state index in [9.17, 15) is 9.18 Å². The van der Waals surface area contributed by atoms with Crippen molar-refractivity contribution in [1.29, 1.82) is 0 Å². The van der Waals surface area contributed by atoms with Gasteiger partial charge in [0.25, 0.3) is 0 Å². The van der Waals surface area contributed by atoms with Crippen molar-refractivity contribution in [3.63, 3.8) is 0 Å². The molecule has 1 N–H and O–H groups in total. The van der Waals surface area contributed by atoms with Gasteiger partial charge in [0.05, 0.1) is 11.3 Å². The van der Waals surface area contributed by atoms with Crippen LogP contribution in [0, 0.1) is 11.7 Å². The van der Waals surface area contributed by atoms with Crippen molar-refractivity contribution >= 4 is 11.5 Å². The van der Waals surface area contributed by atoms with Gasteiger partial charge in [-0.25, -0.2) is 4.39 Å². The zero-order valence-electron chi connectivity index (χ0n) is 8.72. The Labute approximate surface area is 88.5 Å². The van der Waals surface area contributed by atoms with Gasteiger partial charge in [0.15, 0.2) is 11.6 Å². The number of anilines is 1. The van der Waals surface area contributed by atoms with Crippen LogP contribution >= 0.6 is 0 Å². The predicted octanol–water partition coefficient (Wildman–Crippen LogP) is 2.85. The van der Waals surface area contributed by atoms with Crippen LogP contribution in [0.5, 0.6) is 0 Å². The normalized spacial score (nSPS) is 15.1. The molecule has 80 valence electrons. The molecule has 0 saturated heterocycles. The van der Waals surface area contributed by atoms with E-state index >= 15 is 0 Å². The van der Waals surface area contributed by atoms with Crippen molar-refractivity contribution in [1.82, 2.24) is 0 Å². The number of benzene rings is 1. The summed E-state index contributed by atoms with van der Waals surface area (Å²) in [4.78, 5) is 11.1. The predicted molar refractivity (Wildman–Crippen MR) is 57.6 cm³/mol. The molecule has 0 unspecified atom stereocenters. The van der Waals surface area contributed by atoms with Gasteiger partial charge in [-0.05, 0) is 37.8 Å². The van der Waals surface area contributed by atoms with Gasteiger partial charge in [-0.3, -0.25) is 4.79 Å². The van der Waals surface area contributed by atoms with Crippen molar-refractivity contribution in [3.05, 3.63) is 29.6 Å². The van der Waals surface area contributed by atoms with Crippen LogP contribution < -0.4 is 5.32 Å². The third-order valence-electron chi connectivity index (χ3n) is 2.66. The maximum Gasteiger partial charge on any atom is 0.162 e. The zero-order valence-corrected chi connectivity index (χ0v) is 8.72. The second kappa shape index (κ2) is 4.01. The molecule has 0 amide bonds. The number of hydrogen-bond acceptors (Lipinski definition) is 2. The Bertz CT molecular complexity index is 385. The summed E-state index contributed by atoms with van der Waals surface area (Å²) in [7, 11) is 0. The van der Waals surface area contributed by atoms with Crippen molar-refractivity contribution in [2.45, 2.75) is 19.8 Å². The Kier molecular flexibility index (Phi) is 2.71. The van der Waals surface area contributed by atoms with Crippen molar-refractivity contribution < 1.29 is 9.18 Å². The molecule has 0 bridgehead atoms. The lowest BCUT2D eigenvalue weighted by atomic mass is 10.1. The molecule has 1 aromatic carbocycles. The van der Waals surface area contributed by atoms with Crippen LogP contribution in [0.3, 0.4) is 0 Å². The van der Waals surface area contributed by atoms with E-state index in [4.69, 9.17) is 0 Å². The van der Waals surface area contributed by atoms with Crippen LogP contribution in [-0.2, 0) is 0 Å². The Hall–Kier alpha value is -1.38. The van der Waals surface area contributed by atoms with E-state index in [2.05, 4.69) is 5.32 Å². The third-order valence-corrected chi connectivity index (χ3v) is 2.66. The lowest BCUT2D eigenvalue weighted by molar-refractivity contribution is 0.101. The molecule has 1 aliphatic rings. The van der Waals surface area contributed by atoms with Gasteiger partial charge in [0.1, 0.15) is 0 Å². The molecule has 1 saturated carbocycles. The molecular formula is C12H14FNO. The summed E-state index contributed by atoms with van der Waals surface area (Å²) in [5, 5.41) is 3.04. The average molecular weight is 207 g/mol. The first-order chi connectivity index (χ1) is 7.18. The molecule has 1 aliphatic carbocycles. The van der Waals surface area contributed by atoms with Crippen molar-refractivity contribution in [2.24, 2.45) is 5.92 Å². The standard InChI is InChI=1S/C12H14FNO/c1-8(15)10-3-2-4-11(12(10)13)14-7-9-5-6-9/h2-4,9,14H,5-7H2,1H3. The van der Waals surface area contributed by atoms with Crippen LogP contribution in [0.25, 0.3) is 0 Å². The molecule has 2 rings (SSSR count). The van der Waals surface area contributed by atoms with Gasteiger partial charge < -0.3 is 5.32 Å². The topological polar surface area (TPSA) is 29.1 Å². The molecule has 0 radical (unpaired) electrons. The van der Waals surface area contributed by atoms with Crippen LogP contribution in [-0.4, -0.2) is 12.3 Å². The fourth-order valence-corrected chi connectivity index (χ4v) is 1.52. The monoisotopic (exact) mass is 207 g/mol. The van der Waals surface area contributed by atoms with Gasteiger partial charge in [-0.15, -0.1) is 0 Å². The molecule has 0 aliphatic heterocycles. The minimum Gasteiger partial charge on any atom is -0.382 e. The SMILES string of the molecule is CC(=O)c1cccc(NCC2CC2)c1F. The highest BCUT2D eigenvalue weighted by Crippen LogP contribution is 2.29. The molecule has 0 heterocycles. The highest BCUT2D eigenvalue weighted by molar-refractivity contribution is 5.95. The summed E-state index contributed by atoms with van der Waals surface area (Å²) >= 11 is 0. The second-order valence-electron chi connectivity index (χ2n) is 4.05. The number of halogens is 1. The largest absolute Gasteiger partial charge is 0.382 e. The Balaban J connectivity index is 2.14. The van der Waals surface area contributed by atoms with E-state index in [1.54, 1.807) is 12.1 Å². The second-order valence-corrected chi connectivity index (χ2v) is 4.05. The van der Waals surface area contributed by atoms with Crippen LogP contribution in [0.1, 0.15) is 30.1 Å². The number of carbonyl (C=O) groups is 1. The first-order valence-corrected chi connectivity index (χ1v) is 5.22. The molecule has 3 heteroatoms. The van der Waals surface area contributed by atoms with Gasteiger partial charge in [-0.2, -0.15) is 0 Å². The maximum atomic E-state index is 13.7. The Morgan fingerprint density at radius 1 is 1.53 bits per heavy atom. The molecule has 1 aromatic rings. The summed E-state index contributed by atoms with van der Waals surface area (Å²) < 4.78 is 13.7. The number of carbonyl (C=O) groups excluding carboxylic acids is 1. The molecule has 0 atom stereocenters. The molecule has 2 nitrogen and oxygen atoms in total. The van der Waals surface area contributed by atoms with Crippen LogP contribution in [0.2, 0.25) is 0 Å². The van der Waals surface area contributed by atoms with Crippen molar-refractivity contribution in [2.75, 3.05) is 11.9 Å². The first-order valence-electron chi connectivity index (χ1n) is 5.22. The fourth-order valence-electron chi connectivity index (χ4n) is 1.52. The molecule has 1 fully saturated rings. The van der Waals surface area contributed by atoms with Crippen LogP contribution in [0.4, 0.5) is 10.1 Å². The number of hydrogen-bond donors (Lipinski definition) is 1. The molecular weight excluding hydrogens is 193 g/mol. The van der Waals surface area contributed by atoms with Gasteiger partial charge >= 0.3 is 0 Å². The molecule has 15 heavy (non-hydrogen) atoms. The molecule has 0 spiro atoms. The average Bonchev–Trinajstić information content (AvgIpc) is 2.99. The summed E-state index contributed by atoms with van der Waals surface area (Å²) in [6.07, 6.45) is 2.45. The third kappa shape index (κ3) is 2.35.